The van der Waals surface area contributed by atoms with Crippen LogP contribution in [-0.2, 0) is 19.3 Å². The monoisotopic (exact) mass is 391 g/mol. The summed E-state index contributed by atoms with van der Waals surface area (Å²) in [6.45, 7) is 0. The van der Waals surface area contributed by atoms with Gasteiger partial charge in [-0.25, -0.2) is 0 Å². The summed E-state index contributed by atoms with van der Waals surface area (Å²) in [5.41, 5.74) is 6.07. The Hall–Kier alpha value is -3.39. The van der Waals surface area contributed by atoms with Crippen molar-refractivity contribution in [1.82, 2.24) is 4.98 Å². The Kier molecular flexibility index (Phi) is 5.06. The van der Waals surface area contributed by atoms with Gasteiger partial charge in [0.2, 0.25) is 0 Å². The molecule has 1 aliphatic rings. The molecule has 148 valence electrons. The summed E-state index contributed by atoms with van der Waals surface area (Å²) >= 11 is 0. The molecule has 2 heterocycles. The van der Waals surface area contributed by atoms with Crippen LogP contribution in [0.4, 0.5) is 0 Å². The van der Waals surface area contributed by atoms with Crippen molar-refractivity contribution in [3.63, 3.8) is 0 Å². The van der Waals surface area contributed by atoms with Gasteiger partial charge in [-0.05, 0) is 41.7 Å². The lowest BCUT2D eigenvalue weighted by Gasteiger charge is -2.40. The molecule has 3 aromatic carbocycles. The van der Waals surface area contributed by atoms with E-state index >= 15 is 0 Å². The third-order valence-electron chi connectivity index (χ3n) is 6.00. The van der Waals surface area contributed by atoms with Crippen LogP contribution in [0.1, 0.15) is 23.1 Å². The second-order valence-electron chi connectivity index (χ2n) is 8.13. The lowest BCUT2D eigenvalue weighted by Crippen LogP contribution is -2.44. The van der Waals surface area contributed by atoms with Gasteiger partial charge in [0, 0.05) is 36.4 Å². The van der Waals surface area contributed by atoms with Gasteiger partial charge in [0.05, 0.1) is 0 Å². The number of benzene rings is 3. The van der Waals surface area contributed by atoms with Crippen molar-refractivity contribution in [3.8, 4) is 16.9 Å². The van der Waals surface area contributed by atoms with Crippen molar-refractivity contribution >= 4 is 0 Å². The fraction of sp³-hybridized carbons (Fsp3) is 0.179. The van der Waals surface area contributed by atoms with Crippen LogP contribution in [0.2, 0.25) is 0 Å². The Bertz CT molecular complexity index is 1070. The Morgan fingerprint density at radius 3 is 2.07 bits per heavy atom. The molecule has 2 nitrogen and oxygen atoms in total. The molecule has 0 atom stereocenters. The molecule has 0 unspecified atom stereocenters. The van der Waals surface area contributed by atoms with E-state index in [1.165, 1.54) is 22.3 Å². The molecule has 0 spiro atoms. The molecule has 0 aliphatic carbocycles. The first-order chi connectivity index (χ1) is 14.8. The summed E-state index contributed by atoms with van der Waals surface area (Å²) in [5, 5.41) is 0. The van der Waals surface area contributed by atoms with Crippen molar-refractivity contribution < 1.29 is 4.74 Å². The van der Waals surface area contributed by atoms with Crippen LogP contribution in [0.5, 0.6) is 5.75 Å². The maximum atomic E-state index is 6.87. The van der Waals surface area contributed by atoms with E-state index in [1.807, 2.05) is 18.5 Å². The van der Waals surface area contributed by atoms with E-state index in [9.17, 15) is 0 Å². The van der Waals surface area contributed by atoms with Crippen LogP contribution in [0.15, 0.2) is 103 Å². The minimum atomic E-state index is -0.247. The van der Waals surface area contributed by atoms with E-state index in [2.05, 4.69) is 89.9 Å². The first kappa shape index (κ1) is 18.6. The molecule has 0 N–H and O–H groups in total. The number of aromatic nitrogens is 1. The van der Waals surface area contributed by atoms with Gasteiger partial charge in [-0.3, -0.25) is 4.98 Å². The fourth-order valence-electron chi connectivity index (χ4n) is 4.60. The standard InChI is InChI=1S/C28H25NO/c1-3-9-22(10-4-1)19-28(20-23-11-5-2-6-12-23)17-16-26-25(14-7-15-27(26)30-28)24-13-8-18-29-21-24/h1-15,18,21H,16-17,19-20H2. The summed E-state index contributed by atoms with van der Waals surface area (Å²) in [6.07, 6.45) is 7.55. The highest BCUT2D eigenvalue weighted by atomic mass is 16.5. The smallest absolute Gasteiger partial charge is 0.123 e. The molecule has 0 fully saturated rings. The van der Waals surface area contributed by atoms with Gasteiger partial charge in [0.1, 0.15) is 11.4 Å². The largest absolute Gasteiger partial charge is 0.486 e. The zero-order valence-corrected chi connectivity index (χ0v) is 17.0. The predicted molar refractivity (Wildman–Crippen MR) is 122 cm³/mol. The zero-order valence-electron chi connectivity index (χ0n) is 17.0. The van der Waals surface area contributed by atoms with E-state index in [0.29, 0.717) is 0 Å². The number of fused-ring (bicyclic) bond motifs is 1. The normalized spacial score (nSPS) is 14.5. The fourth-order valence-corrected chi connectivity index (χ4v) is 4.60. The van der Waals surface area contributed by atoms with E-state index in [1.54, 1.807) is 0 Å². The van der Waals surface area contributed by atoms with E-state index in [4.69, 9.17) is 4.74 Å². The minimum absolute atomic E-state index is 0.247. The van der Waals surface area contributed by atoms with Crippen molar-refractivity contribution in [1.29, 1.82) is 0 Å². The van der Waals surface area contributed by atoms with Gasteiger partial charge in [0.15, 0.2) is 0 Å². The molecule has 0 bridgehead atoms. The Morgan fingerprint density at radius 2 is 1.43 bits per heavy atom. The molecular weight excluding hydrogens is 366 g/mol. The number of hydrogen-bond donors (Lipinski definition) is 0. The molecule has 30 heavy (non-hydrogen) atoms. The van der Waals surface area contributed by atoms with E-state index in [0.717, 1.165) is 37.0 Å². The first-order valence-electron chi connectivity index (χ1n) is 10.6. The molecule has 0 saturated carbocycles. The Morgan fingerprint density at radius 1 is 0.733 bits per heavy atom. The number of nitrogens with zero attached hydrogens (tertiary/aromatic N) is 1. The van der Waals surface area contributed by atoms with Crippen molar-refractivity contribution in [2.45, 2.75) is 31.3 Å². The van der Waals surface area contributed by atoms with Gasteiger partial charge in [-0.2, -0.15) is 0 Å². The molecule has 0 amide bonds. The molecule has 1 aliphatic heterocycles. The maximum Gasteiger partial charge on any atom is 0.123 e. The third kappa shape index (κ3) is 3.86. The number of ether oxygens (including phenoxy) is 1. The third-order valence-corrected chi connectivity index (χ3v) is 6.00. The van der Waals surface area contributed by atoms with Crippen molar-refractivity contribution in [2.75, 3.05) is 0 Å². The number of rotatable bonds is 5. The molecule has 0 radical (unpaired) electrons. The number of hydrogen-bond acceptors (Lipinski definition) is 2. The average molecular weight is 392 g/mol. The van der Waals surface area contributed by atoms with Crippen LogP contribution in [0.25, 0.3) is 11.1 Å². The zero-order chi connectivity index (χ0) is 20.2. The Balaban J connectivity index is 1.52. The quantitative estimate of drug-likeness (QED) is 0.398. The minimum Gasteiger partial charge on any atom is -0.486 e. The lowest BCUT2D eigenvalue weighted by molar-refractivity contribution is 0.0466. The van der Waals surface area contributed by atoms with Crippen molar-refractivity contribution in [2.24, 2.45) is 0 Å². The van der Waals surface area contributed by atoms with Crippen LogP contribution in [-0.4, -0.2) is 10.6 Å². The highest BCUT2D eigenvalue weighted by molar-refractivity contribution is 5.70. The highest BCUT2D eigenvalue weighted by Crippen LogP contribution is 2.41. The average Bonchev–Trinajstić information content (AvgIpc) is 2.80. The molecule has 0 saturated heterocycles. The molecule has 2 heteroatoms. The predicted octanol–water partition coefficient (Wildman–Crippen LogP) is 6.30. The van der Waals surface area contributed by atoms with Crippen LogP contribution >= 0.6 is 0 Å². The molecule has 1 aromatic heterocycles. The summed E-state index contributed by atoms with van der Waals surface area (Å²) in [6, 6.07) is 31.9. The summed E-state index contributed by atoms with van der Waals surface area (Å²) < 4.78 is 6.87. The lowest BCUT2D eigenvalue weighted by atomic mass is 9.80. The molecule has 4 aromatic rings. The van der Waals surface area contributed by atoms with Gasteiger partial charge < -0.3 is 4.74 Å². The van der Waals surface area contributed by atoms with Crippen LogP contribution in [0.3, 0.4) is 0 Å². The summed E-state index contributed by atoms with van der Waals surface area (Å²) in [7, 11) is 0. The van der Waals surface area contributed by atoms with Gasteiger partial charge in [-0.15, -0.1) is 0 Å². The second kappa shape index (κ2) is 8.16. The molecule has 5 rings (SSSR count). The summed E-state index contributed by atoms with van der Waals surface area (Å²) in [5.74, 6) is 1.01. The topological polar surface area (TPSA) is 22.1 Å². The maximum absolute atomic E-state index is 6.87. The first-order valence-corrected chi connectivity index (χ1v) is 10.6. The van der Waals surface area contributed by atoms with Crippen LogP contribution < -0.4 is 4.74 Å². The van der Waals surface area contributed by atoms with Gasteiger partial charge >= 0.3 is 0 Å². The SMILES string of the molecule is c1ccc(CC2(Cc3ccccc3)CCc3c(cccc3-c3cccnc3)O2)cc1. The van der Waals surface area contributed by atoms with Gasteiger partial charge in [-0.1, -0.05) is 78.9 Å². The summed E-state index contributed by atoms with van der Waals surface area (Å²) in [4.78, 5) is 4.31. The van der Waals surface area contributed by atoms with Crippen LogP contribution in [0, 0.1) is 0 Å². The molecular formula is C28H25NO. The van der Waals surface area contributed by atoms with Crippen molar-refractivity contribution in [3.05, 3.63) is 120 Å². The van der Waals surface area contributed by atoms with E-state index < -0.39 is 0 Å². The second-order valence-corrected chi connectivity index (χ2v) is 8.13. The highest BCUT2D eigenvalue weighted by Gasteiger charge is 2.37. The number of pyridine rings is 1. The Labute approximate surface area is 178 Å². The van der Waals surface area contributed by atoms with E-state index in [-0.39, 0.29) is 5.60 Å². The van der Waals surface area contributed by atoms with Gasteiger partial charge in [0.25, 0.3) is 0 Å².